The van der Waals surface area contributed by atoms with Crippen LogP contribution in [0.4, 0.5) is 10.3 Å². The topological polar surface area (TPSA) is 170 Å². The minimum atomic E-state index is -0.833. The predicted molar refractivity (Wildman–Crippen MR) is 137 cm³/mol. The molecule has 0 saturated heterocycles. The number of aliphatic carboxylic acids is 1. The molecule has 0 unspecified atom stereocenters. The molecule has 0 saturated carbocycles. The van der Waals surface area contributed by atoms with Gasteiger partial charge in [0, 0.05) is 48.1 Å². The van der Waals surface area contributed by atoms with Gasteiger partial charge in [-0.15, -0.1) is 0 Å². The zero-order valence-corrected chi connectivity index (χ0v) is 21.0. The number of carbonyl (C=O) groups is 2. The van der Waals surface area contributed by atoms with E-state index in [9.17, 15) is 4.79 Å². The first-order valence-corrected chi connectivity index (χ1v) is 11.6. The van der Waals surface area contributed by atoms with Crippen molar-refractivity contribution in [1.82, 2.24) is 19.9 Å². The van der Waals surface area contributed by atoms with Crippen LogP contribution in [-0.2, 0) is 9.59 Å². The highest BCUT2D eigenvalue weighted by Crippen LogP contribution is 2.20. The van der Waals surface area contributed by atoms with Crippen molar-refractivity contribution in [2.45, 2.75) is 27.7 Å². The van der Waals surface area contributed by atoms with Gasteiger partial charge in [0.05, 0.1) is 12.4 Å². The number of hydrogen-bond donors (Lipinski definition) is 3. The SMILES string of the molecule is CC(=O)Nc1ncc(/C=C\c2ncc(C)o2)s1.CC(=O)O.Cc1cnc(/C=C\c2cnc(N)s2)o1. The lowest BCUT2D eigenvalue weighted by Gasteiger charge is -1.91. The van der Waals surface area contributed by atoms with Crippen molar-refractivity contribution in [3.8, 4) is 0 Å². The van der Waals surface area contributed by atoms with Crippen LogP contribution >= 0.6 is 22.7 Å². The first kappa shape index (κ1) is 27.1. The summed E-state index contributed by atoms with van der Waals surface area (Å²) in [7, 11) is 0. The third-order valence-corrected chi connectivity index (χ3v) is 5.08. The summed E-state index contributed by atoms with van der Waals surface area (Å²) in [4.78, 5) is 37.8. The fraction of sp³-hybridized carbons (Fsp3) is 0.182. The summed E-state index contributed by atoms with van der Waals surface area (Å²) >= 11 is 2.81. The largest absolute Gasteiger partial charge is 0.481 e. The maximum Gasteiger partial charge on any atom is 0.300 e. The predicted octanol–water partition coefficient (Wildman–Crippen LogP) is 4.85. The molecule has 0 fully saturated rings. The Kier molecular flexibility index (Phi) is 10.5. The molecule has 13 heteroatoms. The molecule has 0 aliphatic carbocycles. The number of anilines is 2. The number of hydrogen-bond acceptors (Lipinski definition) is 11. The van der Waals surface area contributed by atoms with Gasteiger partial charge in [-0.2, -0.15) is 0 Å². The van der Waals surface area contributed by atoms with Gasteiger partial charge in [-0.25, -0.2) is 19.9 Å². The number of oxazole rings is 2. The lowest BCUT2D eigenvalue weighted by Crippen LogP contribution is -2.04. The number of amides is 1. The molecular weight excluding hydrogens is 492 g/mol. The van der Waals surface area contributed by atoms with Gasteiger partial charge in [-0.05, 0) is 26.0 Å². The normalized spacial score (nSPS) is 10.5. The maximum absolute atomic E-state index is 10.8. The molecular formula is C22H24N6O5S2. The fourth-order valence-electron chi connectivity index (χ4n) is 2.16. The van der Waals surface area contributed by atoms with E-state index in [1.807, 2.05) is 26.0 Å². The zero-order chi connectivity index (χ0) is 25.8. The molecule has 4 heterocycles. The van der Waals surface area contributed by atoms with Crippen molar-refractivity contribution in [3.63, 3.8) is 0 Å². The number of nitrogens with one attached hydrogen (secondary N) is 1. The Morgan fingerprint density at radius 1 is 0.857 bits per heavy atom. The molecule has 0 bridgehead atoms. The van der Waals surface area contributed by atoms with Gasteiger partial charge >= 0.3 is 0 Å². The second-order valence-electron chi connectivity index (χ2n) is 6.65. The third kappa shape index (κ3) is 11.0. The number of carboxylic acids is 1. The summed E-state index contributed by atoms with van der Waals surface area (Å²) < 4.78 is 10.6. The monoisotopic (exact) mass is 516 g/mol. The molecule has 0 aliphatic heterocycles. The Hall–Kier alpha value is -4.10. The average molecular weight is 517 g/mol. The number of nitrogens with zero attached hydrogens (tertiary/aromatic N) is 4. The number of carboxylic acid groups (broad SMARTS) is 1. The van der Waals surface area contributed by atoms with Crippen molar-refractivity contribution in [3.05, 3.63) is 57.8 Å². The molecule has 184 valence electrons. The van der Waals surface area contributed by atoms with Gasteiger partial charge < -0.3 is 25.0 Å². The highest BCUT2D eigenvalue weighted by atomic mass is 32.1. The maximum atomic E-state index is 10.8. The van der Waals surface area contributed by atoms with Crippen LogP contribution in [0.25, 0.3) is 24.3 Å². The molecule has 0 atom stereocenters. The summed E-state index contributed by atoms with van der Waals surface area (Å²) in [6.07, 6.45) is 14.0. The summed E-state index contributed by atoms with van der Waals surface area (Å²) in [5.41, 5.74) is 5.49. The van der Waals surface area contributed by atoms with Crippen LogP contribution in [-0.4, -0.2) is 36.9 Å². The van der Waals surface area contributed by atoms with E-state index in [0.717, 1.165) is 28.2 Å². The van der Waals surface area contributed by atoms with E-state index in [0.29, 0.717) is 22.0 Å². The smallest absolute Gasteiger partial charge is 0.300 e. The highest BCUT2D eigenvalue weighted by Gasteiger charge is 2.01. The highest BCUT2D eigenvalue weighted by molar-refractivity contribution is 7.16. The lowest BCUT2D eigenvalue weighted by molar-refractivity contribution is -0.134. The summed E-state index contributed by atoms with van der Waals surface area (Å²) in [6, 6.07) is 0. The van der Waals surface area contributed by atoms with E-state index in [1.165, 1.54) is 29.6 Å². The molecule has 4 aromatic rings. The molecule has 4 N–H and O–H groups in total. The van der Waals surface area contributed by atoms with Gasteiger partial charge in [0.1, 0.15) is 11.5 Å². The lowest BCUT2D eigenvalue weighted by atomic mass is 10.4. The second-order valence-corrected chi connectivity index (χ2v) is 8.81. The Morgan fingerprint density at radius 2 is 1.34 bits per heavy atom. The number of aryl methyl sites for hydroxylation is 2. The van der Waals surface area contributed by atoms with E-state index in [4.69, 9.17) is 24.5 Å². The van der Waals surface area contributed by atoms with E-state index >= 15 is 0 Å². The molecule has 0 radical (unpaired) electrons. The standard InChI is InChI=1S/C11H11N3O2S.C9H9N3OS.C2H4O2/c1-7-5-12-10(16-7)4-3-9-6-13-11(17-9)14-8(2)15;1-6-4-11-8(13-6)3-2-7-5-12-9(10)14-7;1-2(3)4/h3-6H,1-2H3,(H,13,14,15);2-5H,1H3,(H2,10,12);1H3,(H,3,4)/b4-3-;3-2-;. The molecule has 0 aliphatic rings. The molecule has 35 heavy (non-hydrogen) atoms. The quantitative estimate of drug-likeness (QED) is 0.333. The Labute approximate surface area is 209 Å². The first-order chi connectivity index (χ1) is 16.6. The number of nitrogens with two attached hydrogens (primary N) is 1. The Balaban J connectivity index is 0.000000217. The van der Waals surface area contributed by atoms with Crippen LogP contribution in [0.2, 0.25) is 0 Å². The minimum Gasteiger partial charge on any atom is -0.481 e. The number of thiazole rings is 2. The molecule has 1 amide bonds. The van der Waals surface area contributed by atoms with Crippen LogP contribution in [0.1, 0.15) is 46.9 Å². The second kappa shape index (κ2) is 13.6. The first-order valence-electron chi connectivity index (χ1n) is 9.96. The third-order valence-electron chi connectivity index (χ3n) is 3.41. The molecule has 0 spiro atoms. The Bertz CT molecular complexity index is 1250. The average Bonchev–Trinajstić information content (AvgIpc) is 3.55. The van der Waals surface area contributed by atoms with Gasteiger partial charge in [0.15, 0.2) is 10.3 Å². The number of nitrogen functional groups attached to an aromatic ring is 1. The van der Waals surface area contributed by atoms with Gasteiger partial charge in [0.2, 0.25) is 17.7 Å². The minimum absolute atomic E-state index is 0.127. The molecule has 11 nitrogen and oxygen atoms in total. The number of carbonyl (C=O) groups excluding carboxylic acids is 1. The van der Waals surface area contributed by atoms with Crippen LogP contribution < -0.4 is 11.1 Å². The van der Waals surface area contributed by atoms with E-state index in [2.05, 4.69) is 25.3 Å². The molecule has 0 aromatic carbocycles. The number of aromatic nitrogens is 4. The van der Waals surface area contributed by atoms with Crippen LogP contribution in [0, 0.1) is 13.8 Å². The summed E-state index contributed by atoms with van der Waals surface area (Å²) in [5, 5.41) is 11.2. The Morgan fingerprint density at radius 3 is 1.74 bits per heavy atom. The van der Waals surface area contributed by atoms with E-state index in [1.54, 1.807) is 36.9 Å². The van der Waals surface area contributed by atoms with Crippen molar-refractivity contribution in [1.29, 1.82) is 0 Å². The number of rotatable bonds is 5. The van der Waals surface area contributed by atoms with Crippen molar-refractivity contribution in [2.24, 2.45) is 0 Å². The van der Waals surface area contributed by atoms with E-state index in [-0.39, 0.29) is 5.91 Å². The van der Waals surface area contributed by atoms with Gasteiger partial charge in [-0.1, -0.05) is 22.7 Å². The summed E-state index contributed by atoms with van der Waals surface area (Å²) in [6.45, 7) is 6.23. The van der Waals surface area contributed by atoms with Crippen LogP contribution in [0.15, 0.2) is 33.6 Å². The van der Waals surface area contributed by atoms with Crippen molar-refractivity contribution < 1.29 is 23.5 Å². The van der Waals surface area contributed by atoms with Crippen LogP contribution in [0.5, 0.6) is 0 Å². The zero-order valence-electron chi connectivity index (χ0n) is 19.4. The van der Waals surface area contributed by atoms with Crippen LogP contribution in [0.3, 0.4) is 0 Å². The molecule has 4 rings (SSSR count). The fourth-order valence-corrected chi connectivity index (χ4v) is 3.51. The van der Waals surface area contributed by atoms with E-state index < -0.39 is 5.97 Å². The van der Waals surface area contributed by atoms with Crippen molar-refractivity contribution in [2.75, 3.05) is 11.1 Å². The molecule has 4 aromatic heterocycles. The van der Waals surface area contributed by atoms with Gasteiger partial charge in [-0.3, -0.25) is 9.59 Å². The van der Waals surface area contributed by atoms with Crippen molar-refractivity contribution >= 4 is 69.1 Å². The summed E-state index contributed by atoms with van der Waals surface area (Å²) in [5.74, 6) is 1.76. The van der Waals surface area contributed by atoms with Gasteiger partial charge in [0.25, 0.3) is 5.97 Å².